The van der Waals surface area contributed by atoms with Crippen molar-refractivity contribution >= 4 is 21.6 Å². The summed E-state index contributed by atoms with van der Waals surface area (Å²) in [5, 5.41) is 3.37. The molecule has 1 aliphatic rings. The Hall–Kier alpha value is -2.08. The lowest BCUT2D eigenvalue weighted by molar-refractivity contribution is 0.171. The highest BCUT2D eigenvalue weighted by Gasteiger charge is 2.14. The molecule has 6 heteroatoms. The van der Waals surface area contributed by atoms with Crippen molar-refractivity contribution in [3.8, 4) is 23.0 Å². The van der Waals surface area contributed by atoms with Crippen LogP contribution in [0.3, 0.4) is 0 Å². The van der Waals surface area contributed by atoms with Crippen LogP contribution < -0.4 is 24.3 Å². The highest BCUT2D eigenvalue weighted by atomic mass is 79.9. The zero-order valence-electron chi connectivity index (χ0n) is 13.0. The first kappa shape index (κ1) is 15.8. The minimum atomic E-state index is 0.576. The van der Waals surface area contributed by atoms with Crippen LogP contribution in [0.2, 0.25) is 0 Å². The first-order valence-electron chi connectivity index (χ1n) is 7.25. The van der Waals surface area contributed by atoms with E-state index in [1.54, 1.807) is 14.2 Å². The van der Waals surface area contributed by atoms with Gasteiger partial charge in [-0.3, -0.25) is 0 Å². The number of ether oxygens (including phenoxy) is 4. The van der Waals surface area contributed by atoms with Crippen LogP contribution in [0, 0.1) is 0 Å². The van der Waals surface area contributed by atoms with E-state index in [-0.39, 0.29) is 0 Å². The molecule has 0 amide bonds. The fourth-order valence-electron chi connectivity index (χ4n) is 2.49. The summed E-state index contributed by atoms with van der Waals surface area (Å²) in [6.45, 7) is 1.76. The molecule has 3 rings (SSSR count). The first-order chi connectivity index (χ1) is 11.2. The number of halogens is 1. The predicted molar refractivity (Wildman–Crippen MR) is 92.0 cm³/mol. The molecular formula is C17H18BrNO4. The van der Waals surface area contributed by atoms with Gasteiger partial charge in [0.05, 0.1) is 14.2 Å². The Kier molecular flexibility index (Phi) is 4.81. The van der Waals surface area contributed by atoms with Gasteiger partial charge in [0.1, 0.15) is 13.2 Å². The molecule has 2 aromatic rings. The summed E-state index contributed by atoms with van der Waals surface area (Å²) in [6, 6.07) is 9.71. The fraction of sp³-hybridized carbons (Fsp3) is 0.294. The number of rotatable bonds is 5. The summed E-state index contributed by atoms with van der Waals surface area (Å²) in [7, 11) is 3.27. The number of methoxy groups -OCH3 is 2. The third kappa shape index (κ3) is 3.47. The maximum atomic E-state index is 5.60. The Labute approximate surface area is 143 Å². The lowest BCUT2D eigenvalue weighted by atomic mass is 10.1. The van der Waals surface area contributed by atoms with E-state index in [1.165, 1.54) is 0 Å². The Morgan fingerprint density at radius 2 is 1.83 bits per heavy atom. The van der Waals surface area contributed by atoms with Crippen LogP contribution in [-0.4, -0.2) is 27.4 Å². The molecule has 0 spiro atoms. The van der Waals surface area contributed by atoms with Crippen molar-refractivity contribution in [1.82, 2.24) is 0 Å². The van der Waals surface area contributed by atoms with Gasteiger partial charge >= 0.3 is 0 Å². The molecule has 0 saturated carbocycles. The largest absolute Gasteiger partial charge is 0.493 e. The molecule has 0 unspecified atom stereocenters. The van der Waals surface area contributed by atoms with E-state index in [2.05, 4.69) is 21.2 Å². The Morgan fingerprint density at radius 1 is 1.04 bits per heavy atom. The molecule has 1 aliphatic heterocycles. The highest BCUT2D eigenvalue weighted by molar-refractivity contribution is 9.10. The monoisotopic (exact) mass is 379 g/mol. The maximum Gasteiger partial charge on any atom is 0.165 e. The molecule has 5 nitrogen and oxygen atoms in total. The molecule has 0 aromatic heterocycles. The molecule has 0 aliphatic carbocycles. The maximum absolute atomic E-state index is 5.60. The van der Waals surface area contributed by atoms with Gasteiger partial charge in [-0.15, -0.1) is 0 Å². The van der Waals surface area contributed by atoms with Gasteiger partial charge in [0.15, 0.2) is 23.0 Å². The summed E-state index contributed by atoms with van der Waals surface area (Å²) in [6.07, 6.45) is 0. The number of anilines is 1. The molecule has 1 N–H and O–H groups in total. The van der Waals surface area contributed by atoms with Crippen molar-refractivity contribution in [2.45, 2.75) is 6.54 Å². The zero-order valence-corrected chi connectivity index (χ0v) is 14.6. The van der Waals surface area contributed by atoms with Crippen LogP contribution in [0.15, 0.2) is 34.8 Å². The first-order valence-corrected chi connectivity index (χ1v) is 8.04. The van der Waals surface area contributed by atoms with Crippen LogP contribution in [0.25, 0.3) is 0 Å². The van der Waals surface area contributed by atoms with Crippen LogP contribution in [-0.2, 0) is 6.54 Å². The molecular weight excluding hydrogens is 362 g/mol. The number of hydrogen-bond donors (Lipinski definition) is 1. The van der Waals surface area contributed by atoms with E-state index in [0.29, 0.717) is 25.5 Å². The molecule has 0 atom stereocenters. The molecule has 2 aromatic carbocycles. The minimum Gasteiger partial charge on any atom is -0.493 e. The van der Waals surface area contributed by atoms with E-state index in [4.69, 9.17) is 18.9 Å². The van der Waals surface area contributed by atoms with Crippen molar-refractivity contribution in [2.75, 3.05) is 32.8 Å². The van der Waals surface area contributed by atoms with E-state index >= 15 is 0 Å². The van der Waals surface area contributed by atoms with Gasteiger partial charge in [0.2, 0.25) is 0 Å². The van der Waals surface area contributed by atoms with Crippen molar-refractivity contribution < 1.29 is 18.9 Å². The second-order valence-corrected chi connectivity index (χ2v) is 5.93. The van der Waals surface area contributed by atoms with Crippen LogP contribution in [0.1, 0.15) is 5.56 Å². The Bertz CT molecular complexity index is 705. The molecule has 0 fully saturated rings. The highest BCUT2D eigenvalue weighted by Crippen LogP contribution is 2.36. The van der Waals surface area contributed by atoms with E-state index in [0.717, 1.165) is 33.0 Å². The zero-order chi connectivity index (χ0) is 16.2. The normalized spacial score (nSPS) is 12.7. The topological polar surface area (TPSA) is 49.0 Å². The fourth-order valence-corrected chi connectivity index (χ4v) is 2.97. The quantitative estimate of drug-likeness (QED) is 0.854. The van der Waals surface area contributed by atoms with Gasteiger partial charge in [-0.05, 0) is 24.3 Å². The second kappa shape index (κ2) is 7.00. The molecule has 0 saturated heterocycles. The van der Waals surface area contributed by atoms with Gasteiger partial charge in [0.25, 0.3) is 0 Å². The van der Waals surface area contributed by atoms with Gasteiger partial charge in [-0.25, -0.2) is 0 Å². The summed E-state index contributed by atoms with van der Waals surface area (Å²) in [5.41, 5.74) is 1.95. The van der Waals surface area contributed by atoms with Gasteiger partial charge in [-0.2, -0.15) is 0 Å². The van der Waals surface area contributed by atoms with Gasteiger partial charge in [0, 0.05) is 28.3 Å². The van der Waals surface area contributed by atoms with E-state index in [9.17, 15) is 0 Å². The van der Waals surface area contributed by atoms with Crippen molar-refractivity contribution in [1.29, 1.82) is 0 Å². The number of benzene rings is 2. The number of nitrogens with one attached hydrogen (secondary N) is 1. The number of fused-ring (bicyclic) bond motifs is 1. The van der Waals surface area contributed by atoms with Crippen LogP contribution in [0.4, 0.5) is 5.69 Å². The predicted octanol–water partition coefficient (Wildman–Crippen LogP) is 3.85. The average Bonchev–Trinajstić information content (AvgIpc) is 2.59. The Balaban J connectivity index is 1.79. The molecule has 0 bridgehead atoms. The number of hydrogen-bond acceptors (Lipinski definition) is 5. The van der Waals surface area contributed by atoms with Crippen molar-refractivity contribution in [3.05, 3.63) is 40.4 Å². The SMILES string of the molecule is COc1cc(Br)cc(CNc2ccc3c(c2)OCCO3)c1OC. The lowest BCUT2D eigenvalue weighted by Crippen LogP contribution is -2.15. The second-order valence-electron chi connectivity index (χ2n) is 5.01. The Morgan fingerprint density at radius 3 is 2.57 bits per heavy atom. The third-order valence-corrected chi connectivity index (χ3v) is 4.00. The molecule has 23 heavy (non-hydrogen) atoms. The third-order valence-electron chi connectivity index (χ3n) is 3.55. The lowest BCUT2D eigenvalue weighted by Gasteiger charge is -2.19. The average molecular weight is 380 g/mol. The summed E-state index contributed by atoms with van der Waals surface area (Å²) < 4.78 is 22.9. The van der Waals surface area contributed by atoms with Crippen molar-refractivity contribution in [3.63, 3.8) is 0 Å². The summed E-state index contributed by atoms with van der Waals surface area (Å²) in [4.78, 5) is 0. The molecule has 0 radical (unpaired) electrons. The molecule has 1 heterocycles. The summed E-state index contributed by atoms with van der Waals surface area (Å²) >= 11 is 3.49. The van der Waals surface area contributed by atoms with Crippen LogP contribution in [0.5, 0.6) is 23.0 Å². The van der Waals surface area contributed by atoms with E-state index < -0.39 is 0 Å². The van der Waals surface area contributed by atoms with Gasteiger partial charge < -0.3 is 24.3 Å². The van der Waals surface area contributed by atoms with E-state index in [1.807, 2.05) is 30.3 Å². The van der Waals surface area contributed by atoms with Crippen molar-refractivity contribution in [2.24, 2.45) is 0 Å². The smallest absolute Gasteiger partial charge is 0.165 e. The van der Waals surface area contributed by atoms with Gasteiger partial charge in [-0.1, -0.05) is 15.9 Å². The minimum absolute atomic E-state index is 0.576. The standard InChI is InChI=1S/C17H18BrNO4/c1-20-16-8-12(18)7-11(17(16)21-2)10-19-13-3-4-14-15(9-13)23-6-5-22-14/h3-4,7-9,19H,5-6,10H2,1-2H3. The summed E-state index contributed by atoms with van der Waals surface area (Å²) in [5.74, 6) is 2.96. The van der Waals surface area contributed by atoms with Crippen LogP contribution >= 0.6 is 15.9 Å². The molecule has 122 valence electrons.